The number of hydrogen-bond donors (Lipinski definition) is 1. The highest BCUT2D eigenvalue weighted by Gasteiger charge is 2.32. The smallest absolute Gasteiger partial charge is 0.416 e. The number of unbranched alkanes of at least 4 members (excludes halogenated alkanes) is 1. The Balaban J connectivity index is 1.63. The van der Waals surface area contributed by atoms with Gasteiger partial charge in [-0.05, 0) is 61.2 Å². The van der Waals surface area contributed by atoms with E-state index >= 15 is 0 Å². The fourth-order valence-electron chi connectivity index (χ4n) is 3.31. The maximum absolute atomic E-state index is 13.1. The largest absolute Gasteiger partial charge is 0.492 e. The second kappa shape index (κ2) is 9.96. The predicted molar refractivity (Wildman–Crippen MR) is 111 cm³/mol. The molecule has 1 aromatic heterocycles. The Hall–Kier alpha value is -3.86. The molecule has 3 aromatic rings. The molecular weight excluding hydrogens is 421 g/mol. The Morgan fingerprint density at radius 3 is 2.59 bits per heavy atom. The lowest BCUT2D eigenvalue weighted by molar-refractivity contribution is -0.138. The molecule has 0 aliphatic rings. The molecule has 0 saturated heterocycles. The molecule has 1 N–H and O–H groups in total. The van der Waals surface area contributed by atoms with Gasteiger partial charge in [0.2, 0.25) is 0 Å². The van der Waals surface area contributed by atoms with Gasteiger partial charge in [0, 0.05) is 11.8 Å². The van der Waals surface area contributed by atoms with Crippen LogP contribution in [-0.2, 0) is 12.6 Å². The van der Waals surface area contributed by atoms with Gasteiger partial charge in [-0.3, -0.25) is 4.98 Å². The van der Waals surface area contributed by atoms with Crippen molar-refractivity contribution < 1.29 is 27.8 Å². The number of rotatable bonds is 8. The molecule has 0 fully saturated rings. The minimum atomic E-state index is -4.38. The van der Waals surface area contributed by atoms with E-state index in [0.29, 0.717) is 24.2 Å². The summed E-state index contributed by atoms with van der Waals surface area (Å²) in [6.45, 7) is 0.228. The highest BCUT2D eigenvalue weighted by atomic mass is 19.4. The zero-order chi connectivity index (χ0) is 23.1. The minimum Gasteiger partial charge on any atom is -0.492 e. The van der Waals surface area contributed by atoms with Crippen LogP contribution in [0.1, 0.15) is 39.9 Å². The van der Waals surface area contributed by atoms with Crippen molar-refractivity contribution in [3.8, 4) is 23.1 Å². The van der Waals surface area contributed by atoms with E-state index < -0.39 is 17.7 Å². The van der Waals surface area contributed by atoms with Gasteiger partial charge in [-0.2, -0.15) is 18.4 Å². The summed E-state index contributed by atoms with van der Waals surface area (Å²) >= 11 is 0. The zero-order valence-corrected chi connectivity index (χ0v) is 16.9. The monoisotopic (exact) mass is 440 g/mol. The number of aromatic nitrogens is 1. The molecule has 5 nitrogen and oxygen atoms in total. The molecule has 1 heterocycles. The van der Waals surface area contributed by atoms with Crippen molar-refractivity contribution in [1.29, 1.82) is 5.26 Å². The van der Waals surface area contributed by atoms with Crippen molar-refractivity contribution in [3.05, 3.63) is 83.0 Å². The van der Waals surface area contributed by atoms with Crippen LogP contribution in [-0.4, -0.2) is 22.7 Å². The Labute approximate surface area is 182 Å². The maximum atomic E-state index is 13.1. The Morgan fingerprint density at radius 1 is 1.09 bits per heavy atom. The first-order valence-electron chi connectivity index (χ1n) is 9.82. The Bertz CT molecular complexity index is 1150. The van der Waals surface area contributed by atoms with Crippen LogP contribution in [0.5, 0.6) is 5.75 Å². The van der Waals surface area contributed by atoms with Crippen LogP contribution in [0, 0.1) is 11.3 Å². The van der Waals surface area contributed by atoms with Crippen LogP contribution in [0.25, 0.3) is 11.3 Å². The SMILES string of the molecule is N#Cc1cc(-c2ncccc2C(=O)O)ccc1OCCCCc1ccccc1C(F)(F)F. The number of benzene rings is 2. The molecule has 0 amide bonds. The first kappa shape index (κ1) is 22.8. The van der Waals surface area contributed by atoms with Crippen molar-refractivity contribution in [3.63, 3.8) is 0 Å². The number of carboxylic acids is 1. The molecule has 3 rings (SSSR count). The number of aryl methyl sites for hydroxylation is 1. The summed E-state index contributed by atoms with van der Waals surface area (Å²) in [4.78, 5) is 15.5. The van der Waals surface area contributed by atoms with Crippen LogP contribution in [0.4, 0.5) is 13.2 Å². The third-order valence-corrected chi connectivity index (χ3v) is 4.83. The van der Waals surface area contributed by atoms with E-state index in [9.17, 15) is 28.3 Å². The van der Waals surface area contributed by atoms with E-state index in [4.69, 9.17) is 4.74 Å². The molecule has 0 atom stereocenters. The summed E-state index contributed by atoms with van der Waals surface area (Å²) in [6, 6.07) is 15.1. The molecule has 0 unspecified atom stereocenters. The lowest BCUT2D eigenvalue weighted by atomic mass is 10.0. The summed E-state index contributed by atoms with van der Waals surface area (Å²) < 4.78 is 44.8. The summed E-state index contributed by atoms with van der Waals surface area (Å²) in [5, 5.41) is 18.8. The molecule has 0 bridgehead atoms. The van der Waals surface area contributed by atoms with Crippen molar-refractivity contribution in [2.24, 2.45) is 0 Å². The molecular formula is C24H19F3N2O3. The van der Waals surface area contributed by atoms with Crippen molar-refractivity contribution in [2.45, 2.75) is 25.4 Å². The molecule has 0 radical (unpaired) electrons. The van der Waals surface area contributed by atoms with E-state index in [2.05, 4.69) is 4.98 Å². The number of ether oxygens (including phenoxy) is 1. The fourth-order valence-corrected chi connectivity index (χ4v) is 3.31. The lowest BCUT2D eigenvalue weighted by Crippen LogP contribution is -2.09. The third-order valence-electron chi connectivity index (χ3n) is 4.83. The first-order valence-corrected chi connectivity index (χ1v) is 9.82. The lowest BCUT2D eigenvalue weighted by Gasteiger charge is -2.13. The number of hydrogen-bond acceptors (Lipinski definition) is 4. The normalized spacial score (nSPS) is 11.1. The maximum Gasteiger partial charge on any atom is 0.416 e. The molecule has 0 aliphatic heterocycles. The average molecular weight is 440 g/mol. The highest BCUT2D eigenvalue weighted by Crippen LogP contribution is 2.32. The molecule has 32 heavy (non-hydrogen) atoms. The number of carbonyl (C=O) groups is 1. The average Bonchev–Trinajstić information content (AvgIpc) is 2.78. The quantitative estimate of drug-likeness (QED) is 0.452. The van der Waals surface area contributed by atoms with E-state index in [1.807, 2.05) is 6.07 Å². The van der Waals surface area contributed by atoms with Gasteiger partial charge < -0.3 is 9.84 Å². The predicted octanol–water partition coefficient (Wildman–Crippen LogP) is 5.74. The van der Waals surface area contributed by atoms with E-state index in [-0.39, 0.29) is 35.4 Å². The van der Waals surface area contributed by atoms with Gasteiger partial charge in [-0.15, -0.1) is 0 Å². The fraction of sp³-hybridized carbons (Fsp3) is 0.208. The number of nitriles is 1. The molecule has 2 aromatic carbocycles. The summed E-state index contributed by atoms with van der Waals surface area (Å²) in [7, 11) is 0. The van der Waals surface area contributed by atoms with Crippen molar-refractivity contribution >= 4 is 5.97 Å². The van der Waals surface area contributed by atoms with Crippen molar-refractivity contribution in [1.82, 2.24) is 4.98 Å². The zero-order valence-electron chi connectivity index (χ0n) is 16.9. The summed E-state index contributed by atoms with van der Waals surface area (Å²) in [5.41, 5.74) is 0.559. The first-order chi connectivity index (χ1) is 15.3. The number of halogens is 3. The van der Waals surface area contributed by atoms with E-state index in [1.165, 1.54) is 36.5 Å². The molecule has 0 saturated carbocycles. The van der Waals surface area contributed by atoms with Crippen LogP contribution in [0.2, 0.25) is 0 Å². The van der Waals surface area contributed by atoms with Gasteiger partial charge in [-0.1, -0.05) is 18.2 Å². The van der Waals surface area contributed by atoms with Gasteiger partial charge in [0.1, 0.15) is 11.8 Å². The van der Waals surface area contributed by atoms with Gasteiger partial charge in [-0.25, -0.2) is 4.79 Å². The van der Waals surface area contributed by atoms with Crippen LogP contribution < -0.4 is 4.74 Å². The molecule has 0 spiro atoms. The number of carboxylic acid groups (broad SMARTS) is 1. The van der Waals surface area contributed by atoms with Gasteiger partial charge in [0.15, 0.2) is 0 Å². The minimum absolute atomic E-state index is 0.0178. The number of aromatic carboxylic acids is 1. The van der Waals surface area contributed by atoms with Crippen LogP contribution in [0.15, 0.2) is 60.8 Å². The van der Waals surface area contributed by atoms with Crippen molar-refractivity contribution in [2.75, 3.05) is 6.61 Å². The second-order valence-electron chi connectivity index (χ2n) is 6.99. The summed E-state index contributed by atoms with van der Waals surface area (Å²) in [5.74, 6) is -0.807. The third kappa shape index (κ3) is 5.43. The number of nitrogens with zero attached hydrogens (tertiary/aromatic N) is 2. The summed E-state index contributed by atoms with van der Waals surface area (Å²) in [6.07, 6.45) is -1.66. The standard InChI is InChI=1S/C24H19F3N2O3/c25-24(26,27)20-9-2-1-6-16(20)7-3-4-13-32-21-11-10-17(14-18(21)15-28)22-19(23(30)31)8-5-12-29-22/h1-2,5-6,8-12,14H,3-4,7,13H2,(H,30,31). The van der Waals surface area contributed by atoms with E-state index in [0.717, 1.165) is 6.07 Å². The van der Waals surface area contributed by atoms with Gasteiger partial charge >= 0.3 is 12.1 Å². The van der Waals surface area contributed by atoms with E-state index in [1.54, 1.807) is 18.2 Å². The number of alkyl halides is 3. The topological polar surface area (TPSA) is 83.2 Å². The Morgan fingerprint density at radius 2 is 1.88 bits per heavy atom. The Kier molecular flexibility index (Phi) is 7.11. The molecule has 164 valence electrons. The van der Waals surface area contributed by atoms with Crippen LogP contribution >= 0.6 is 0 Å². The van der Waals surface area contributed by atoms with Crippen LogP contribution in [0.3, 0.4) is 0 Å². The highest BCUT2D eigenvalue weighted by molar-refractivity contribution is 5.94. The molecule has 0 aliphatic carbocycles. The van der Waals surface area contributed by atoms with Gasteiger partial charge in [0.25, 0.3) is 0 Å². The second-order valence-corrected chi connectivity index (χ2v) is 6.99. The number of pyridine rings is 1. The van der Waals surface area contributed by atoms with Gasteiger partial charge in [0.05, 0.1) is 29.0 Å². The molecule has 8 heteroatoms.